The summed E-state index contributed by atoms with van der Waals surface area (Å²) in [5.41, 5.74) is 3.63. The van der Waals surface area contributed by atoms with Crippen molar-refractivity contribution < 1.29 is 14.7 Å². The largest absolute Gasteiger partial charge is 0.507 e. The number of phenols is 1. The molecule has 0 atom stereocenters. The van der Waals surface area contributed by atoms with Gasteiger partial charge in [-0.05, 0) is 24.1 Å². The molecular formula is C17H17N3O3. The van der Waals surface area contributed by atoms with Crippen LogP contribution in [0.4, 0.5) is 0 Å². The van der Waals surface area contributed by atoms with Crippen molar-refractivity contribution in [3.63, 3.8) is 0 Å². The molecule has 118 valence electrons. The van der Waals surface area contributed by atoms with E-state index in [9.17, 15) is 14.7 Å². The standard InChI is InChI=1S/C17H17N3O3/c21-15-9-5-4-8-14(15)12-19-20-17(23)16(22)18-11-10-13-6-2-1-3-7-13/h1-9,12,21H,10-11H2,(H,18,22)(H,20,23). The molecule has 0 saturated heterocycles. The Morgan fingerprint density at radius 3 is 2.43 bits per heavy atom. The molecule has 23 heavy (non-hydrogen) atoms. The molecule has 0 fully saturated rings. The van der Waals surface area contributed by atoms with Gasteiger partial charge >= 0.3 is 11.8 Å². The molecule has 3 N–H and O–H groups in total. The molecule has 0 saturated carbocycles. The fourth-order valence-electron chi connectivity index (χ4n) is 1.85. The zero-order chi connectivity index (χ0) is 16.5. The molecule has 0 bridgehead atoms. The second-order valence-electron chi connectivity index (χ2n) is 4.75. The van der Waals surface area contributed by atoms with Gasteiger partial charge in [-0.3, -0.25) is 9.59 Å². The number of amides is 2. The molecule has 0 aliphatic heterocycles. The number of hydrazone groups is 1. The maximum absolute atomic E-state index is 11.6. The zero-order valence-electron chi connectivity index (χ0n) is 12.4. The minimum Gasteiger partial charge on any atom is -0.507 e. The SMILES string of the molecule is O=C(NCCc1ccccc1)C(=O)NN=Cc1ccccc1O. The Kier molecular flexibility index (Phi) is 5.88. The quantitative estimate of drug-likeness (QED) is 0.440. The average molecular weight is 311 g/mol. The molecular weight excluding hydrogens is 294 g/mol. The van der Waals surface area contributed by atoms with Crippen LogP contribution in [-0.4, -0.2) is 29.7 Å². The van der Waals surface area contributed by atoms with Crippen molar-refractivity contribution in [2.24, 2.45) is 5.10 Å². The number of benzene rings is 2. The number of rotatable bonds is 5. The van der Waals surface area contributed by atoms with Gasteiger partial charge in [0, 0.05) is 12.1 Å². The molecule has 0 heterocycles. The van der Waals surface area contributed by atoms with Crippen LogP contribution in [0.5, 0.6) is 5.75 Å². The van der Waals surface area contributed by atoms with E-state index in [0.29, 0.717) is 18.5 Å². The van der Waals surface area contributed by atoms with Crippen LogP contribution >= 0.6 is 0 Å². The van der Waals surface area contributed by atoms with E-state index in [0.717, 1.165) is 5.56 Å². The van der Waals surface area contributed by atoms with Gasteiger partial charge in [-0.2, -0.15) is 5.10 Å². The van der Waals surface area contributed by atoms with Gasteiger partial charge in [0.15, 0.2) is 0 Å². The highest BCUT2D eigenvalue weighted by molar-refractivity contribution is 6.35. The van der Waals surface area contributed by atoms with Crippen molar-refractivity contribution in [2.75, 3.05) is 6.54 Å². The zero-order valence-corrected chi connectivity index (χ0v) is 12.4. The van der Waals surface area contributed by atoms with E-state index in [1.807, 2.05) is 30.3 Å². The molecule has 2 amide bonds. The number of para-hydroxylation sites is 1. The molecule has 6 nitrogen and oxygen atoms in total. The van der Waals surface area contributed by atoms with Gasteiger partial charge in [-0.15, -0.1) is 0 Å². The van der Waals surface area contributed by atoms with E-state index in [1.165, 1.54) is 12.3 Å². The third kappa shape index (κ3) is 5.28. The molecule has 0 spiro atoms. The number of carbonyl (C=O) groups is 2. The lowest BCUT2D eigenvalue weighted by atomic mass is 10.1. The Labute approximate surface area is 133 Å². The first kappa shape index (κ1) is 16.2. The first-order valence-corrected chi connectivity index (χ1v) is 7.10. The summed E-state index contributed by atoms with van der Waals surface area (Å²) < 4.78 is 0. The van der Waals surface area contributed by atoms with E-state index >= 15 is 0 Å². The van der Waals surface area contributed by atoms with Gasteiger partial charge in [-0.25, -0.2) is 5.43 Å². The maximum atomic E-state index is 11.6. The van der Waals surface area contributed by atoms with Crippen molar-refractivity contribution >= 4 is 18.0 Å². The van der Waals surface area contributed by atoms with Crippen LogP contribution in [0.1, 0.15) is 11.1 Å². The number of hydrogen-bond acceptors (Lipinski definition) is 4. The second kappa shape index (κ2) is 8.33. The van der Waals surface area contributed by atoms with E-state index in [2.05, 4.69) is 15.8 Å². The van der Waals surface area contributed by atoms with Crippen LogP contribution < -0.4 is 10.7 Å². The first-order valence-electron chi connectivity index (χ1n) is 7.10. The van der Waals surface area contributed by atoms with Crippen LogP contribution in [0.25, 0.3) is 0 Å². The monoisotopic (exact) mass is 311 g/mol. The molecule has 0 aromatic heterocycles. The van der Waals surface area contributed by atoms with Crippen molar-refractivity contribution in [3.8, 4) is 5.75 Å². The van der Waals surface area contributed by atoms with Crippen molar-refractivity contribution in [2.45, 2.75) is 6.42 Å². The Hall–Kier alpha value is -3.15. The summed E-state index contributed by atoms with van der Waals surface area (Å²) in [4.78, 5) is 23.2. The summed E-state index contributed by atoms with van der Waals surface area (Å²) >= 11 is 0. The summed E-state index contributed by atoms with van der Waals surface area (Å²) in [7, 11) is 0. The summed E-state index contributed by atoms with van der Waals surface area (Å²) in [6.07, 6.45) is 1.91. The predicted octanol–water partition coefficient (Wildman–Crippen LogP) is 1.20. The Bertz CT molecular complexity index is 699. The number of phenolic OH excluding ortho intramolecular Hbond substituents is 1. The van der Waals surface area contributed by atoms with Gasteiger partial charge in [0.1, 0.15) is 5.75 Å². The summed E-state index contributed by atoms with van der Waals surface area (Å²) in [6, 6.07) is 16.2. The van der Waals surface area contributed by atoms with E-state index in [-0.39, 0.29) is 5.75 Å². The molecule has 0 aliphatic carbocycles. The van der Waals surface area contributed by atoms with Crippen molar-refractivity contribution in [3.05, 3.63) is 65.7 Å². The van der Waals surface area contributed by atoms with Crippen LogP contribution in [0.3, 0.4) is 0 Å². The summed E-state index contributed by atoms with van der Waals surface area (Å²) in [5.74, 6) is -1.57. The minimum atomic E-state index is -0.857. The van der Waals surface area contributed by atoms with Gasteiger partial charge in [-0.1, -0.05) is 42.5 Å². The Morgan fingerprint density at radius 1 is 1.00 bits per heavy atom. The molecule has 2 aromatic carbocycles. The highest BCUT2D eigenvalue weighted by atomic mass is 16.3. The second-order valence-corrected chi connectivity index (χ2v) is 4.75. The highest BCUT2D eigenvalue weighted by Crippen LogP contribution is 2.12. The van der Waals surface area contributed by atoms with Gasteiger partial charge in [0.2, 0.25) is 0 Å². The number of nitrogens with zero attached hydrogens (tertiary/aromatic N) is 1. The van der Waals surface area contributed by atoms with Crippen LogP contribution in [0, 0.1) is 0 Å². The smallest absolute Gasteiger partial charge is 0.329 e. The van der Waals surface area contributed by atoms with Gasteiger partial charge in [0.25, 0.3) is 0 Å². The lowest BCUT2D eigenvalue weighted by Crippen LogP contribution is -2.38. The highest BCUT2D eigenvalue weighted by Gasteiger charge is 2.11. The van der Waals surface area contributed by atoms with E-state index < -0.39 is 11.8 Å². The summed E-state index contributed by atoms with van der Waals surface area (Å²) in [6.45, 7) is 0.361. The fraction of sp³-hybridized carbons (Fsp3) is 0.118. The molecule has 0 radical (unpaired) electrons. The van der Waals surface area contributed by atoms with Crippen LogP contribution in [-0.2, 0) is 16.0 Å². The third-order valence-electron chi connectivity index (χ3n) is 3.05. The number of aromatic hydroxyl groups is 1. The van der Waals surface area contributed by atoms with Gasteiger partial charge in [0.05, 0.1) is 6.21 Å². The van der Waals surface area contributed by atoms with Gasteiger partial charge < -0.3 is 10.4 Å². The van der Waals surface area contributed by atoms with Crippen LogP contribution in [0.15, 0.2) is 59.7 Å². The van der Waals surface area contributed by atoms with Crippen LogP contribution in [0.2, 0.25) is 0 Å². The topological polar surface area (TPSA) is 90.8 Å². The number of nitrogens with one attached hydrogen (secondary N) is 2. The lowest BCUT2D eigenvalue weighted by molar-refractivity contribution is -0.139. The van der Waals surface area contributed by atoms with E-state index in [1.54, 1.807) is 18.2 Å². The van der Waals surface area contributed by atoms with Crippen molar-refractivity contribution in [1.82, 2.24) is 10.7 Å². The minimum absolute atomic E-state index is 0.0396. The predicted molar refractivity (Wildman–Crippen MR) is 87.0 cm³/mol. The Morgan fingerprint density at radius 2 is 1.70 bits per heavy atom. The number of carbonyl (C=O) groups excluding carboxylic acids is 2. The third-order valence-corrected chi connectivity index (χ3v) is 3.05. The fourth-order valence-corrected chi connectivity index (χ4v) is 1.85. The normalized spacial score (nSPS) is 10.4. The molecule has 2 rings (SSSR count). The molecule has 0 unspecified atom stereocenters. The van der Waals surface area contributed by atoms with Crippen molar-refractivity contribution in [1.29, 1.82) is 0 Å². The summed E-state index contributed by atoms with van der Waals surface area (Å²) in [5, 5.41) is 15.7. The average Bonchev–Trinajstić information content (AvgIpc) is 2.57. The molecule has 2 aromatic rings. The molecule has 0 aliphatic rings. The lowest BCUT2D eigenvalue weighted by Gasteiger charge is -2.04. The molecule has 6 heteroatoms. The van der Waals surface area contributed by atoms with E-state index in [4.69, 9.17) is 0 Å². The maximum Gasteiger partial charge on any atom is 0.329 e. The first-order chi connectivity index (χ1) is 11.2. The number of hydrogen-bond donors (Lipinski definition) is 3. The Balaban J connectivity index is 1.75.